The fourth-order valence-electron chi connectivity index (χ4n) is 3.87. The van der Waals surface area contributed by atoms with E-state index in [0.29, 0.717) is 19.8 Å². The van der Waals surface area contributed by atoms with E-state index in [1.807, 2.05) is 13.0 Å². The minimum Gasteiger partial charge on any atom is -0.379 e. The Bertz CT molecular complexity index is 773. The zero-order valence-corrected chi connectivity index (χ0v) is 15.1. The highest BCUT2D eigenvalue weighted by Gasteiger charge is 2.31. The molecule has 1 aromatic heterocycles. The van der Waals surface area contributed by atoms with Crippen LogP contribution in [0, 0.1) is 12.8 Å². The lowest BCUT2D eigenvalue weighted by molar-refractivity contribution is -0.123. The quantitative estimate of drug-likeness (QED) is 0.884. The van der Waals surface area contributed by atoms with Gasteiger partial charge in [-0.1, -0.05) is 29.4 Å². The van der Waals surface area contributed by atoms with Gasteiger partial charge in [-0.3, -0.25) is 9.69 Å². The monoisotopic (exact) mass is 355 g/mol. The fraction of sp³-hybridized carbons (Fsp3) is 0.500. The van der Waals surface area contributed by atoms with Crippen molar-refractivity contribution in [1.82, 2.24) is 15.4 Å². The third-order valence-electron chi connectivity index (χ3n) is 5.26. The van der Waals surface area contributed by atoms with Crippen LogP contribution < -0.4 is 5.32 Å². The van der Waals surface area contributed by atoms with Crippen LogP contribution in [0.2, 0.25) is 0 Å². The molecule has 2 aromatic rings. The number of carbonyl (C=O) groups excluding carboxylic acids is 1. The van der Waals surface area contributed by atoms with Gasteiger partial charge in [0.05, 0.1) is 31.5 Å². The van der Waals surface area contributed by atoms with E-state index in [1.165, 1.54) is 11.1 Å². The van der Waals surface area contributed by atoms with Crippen LogP contribution in [0.5, 0.6) is 0 Å². The lowest BCUT2D eigenvalue weighted by atomic mass is 9.98. The Balaban J connectivity index is 1.30. The minimum atomic E-state index is 0.0324. The minimum absolute atomic E-state index is 0.0324. The third kappa shape index (κ3) is 3.97. The van der Waals surface area contributed by atoms with E-state index in [2.05, 4.69) is 39.6 Å². The molecule has 1 amide bonds. The summed E-state index contributed by atoms with van der Waals surface area (Å²) < 4.78 is 10.9. The number of fused-ring (bicyclic) bond motifs is 1. The second-order valence-corrected chi connectivity index (χ2v) is 7.34. The molecule has 0 saturated carbocycles. The Kier molecular flexibility index (Phi) is 5.04. The number of hydrogen-bond acceptors (Lipinski definition) is 5. The Morgan fingerprint density at radius 1 is 1.31 bits per heavy atom. The first kappa shape index (κ1) is 17.2. The Morgan fingerprint density at radius 3 is 2.96 bits per heavy atom. The lowest BCUT2D eigenvalue weighted by Crippen LogP contribution is -2.46. The number of hydrogen-bond donors (Lipinski definition) is 1. The van der Waals surface area contributed by atoms with Gasteiger partial charge in [-0.05, 0) is 24.5 Å². The zero-order valence-electron chi connectivity index (χ0n) is 15.1. The zero-order chi connectivity index (χ0) is 17.9. The third-order valence-corrected chi connectivity index (χ3v) is 5.26. The summed E-state index contributed by atoms with van der Waals surface area (Å²) in [5.74, 6) is 1.15. The van der Waals surface area contributed by atoms with Crippen LogP contribution in [-0.2, 0) is 28.9 Å². The van der Waals surface area contributed by atoms with E-state index in [-0.39, 0.29) is 17.9 Å². The number of carbonyl (C=O) groups is 1. The fourth-order valence-corrected chi connectivity index (χ4v) is 3.87. The highest BCUT2D eigenvalue weighted by Crippen LogP contribution is 2.21. The number of aromatic nitrogens is 1. The predicted molar refractivity (Wildman–Crippen MR) is 96.6 cm³/mol. The van der Waals surface area contributed by atoms with Crippen LogP contribution in [0.25, 0.3) is 0 Å². The standard InChI is InChI=1S/C20H25N3O3/c1-14-8-18(26-22-14)9-17-12-25-13-19(17)21-20(24)11-23-7-6-15-4-2-3-5-16(15)10-23/h2-5,8,17,19H,6-7,9-13H2,1H3,(H,21,24). The van der Waals surface area contributed by atoms with Crippen LogP contribution in [0.15, 0.2) is 34.9 Å². The second-order valence-electron chi connectivity index (χ2n) is 7.34. The van der Waals surface area contributed by atoms with Gasteiger partial charge in [-0.2, -0.15) is 0 Å². The molecule has 1 N–H and O–H groups in total. The van der Waals surface area contributed by atoms with E-state index in [0.717, 1.165) is 37.4 Å². The van der Waals surface area contributed by atoms with Crippen LogP contribution in [0.4, 0.5) is 0 Å². The highest BCUT2D eigenvalue weighted by atomic mass is 16.5. The molecule has 2 unspecified atom stereocenters. The largest absolute Gasteiger partial charge is 0.379 e. The number of amides is 1. The van der Waals surface area contributed by atoms with Crippen molar-refractivity contribution in [2.45, 2.75) is 32.4 Å². The molecule has 2 aliphatic rings. The van der Waals surface area contributed by atoms with Crippen molar-refractivity contribution < 1.29 is 14.1 Å². The van der Waals surface area contributed by atoms with Gasteiger partial charge >= 0.3 is 0 Å². The van der Waals surface area contributed by atoms with Gasteiger partial charge in [0.15, 0.2) is 0 Å². The lowest BCUT2D eigenvalue weighted by Gasteiger charge is -2.29. The Labute approximate surface area is 153 Å². The van der Waals surface area contributed by atoms with E-state index in [9.17, 15) is 4.79 Å². The van der Waals surface area contributed by atoms with Gasteiger partial charge in [0.1, 0.15) is 5.76 Å². The summed E-state index contributed by atoms with van der Waals surface area (Å²) in [4.78, 5) is 14.7. The summed E-state index contributed by atoms with van der Waals surface area (Å²) in [7, 11) is 0. The van der Waals surface area contributed by atoms with Gasteiger partial charge in [-0.25, -0.2) is 0 Å². The average Bonchev–Trinajstić information content (AvgIpc) is 3.24. The van der Waals surface area contributed by atoms with Gasteiger partial charge in [0.25, 0.3) is 0 Å². The van der Waals surface area contributed by atoms with Crippen molar-refractivity contribution in [3.63, 3.8) is 0 Å². The number of ether oxygens (including phenoxy) is 1. The van der Waals surface area contributed by atoms with Gasteiger partial charge in [0, 0.05) is 31.5 Å². The summed E-state index contributed by atoms with van der Waals surface area (Å²) in [6, 6.07) is 10.5. The van der Waals surface area contributed by atoms with Crippen molar-refractivity contribution in [3.05, 3.63) is 52.9 Å². The molecule has 3 heterocycles. The van der Waals surface area contributed by atoms with E-state index < -0.39 is 0 Å². The summed E-state index contributed by atoms with van der Waals surface area (Å²) in [6.45, 7) is 5.30. The predicted octanol–water partition coefficient (Wildman–Crippen LogP) is 1.72. The van der Waals surface area contributed by atoms with Crippen molar-refractivity contribution in [1.29, 1.82) is 0 Å². The van der Waals surface area contributed by atoms with Crippen LogP contribution in [0.3, 0.4) is 0 Å². The molecule has 0 aliphatic carbocycles. The highest BCUT2D eigenvalue weighted by molar-refractivity contribution is 5.78. The number of nitrogens with zero attached hydrogens (tertiary/aromatic N) is 2. The molecule has 2 atom stereocenters. The Morgan fingerprint density at radius 2 is 2.15 bits per heavy atom. The van der Waals surface area contributed by atoms with Crippen molar-refractivity contribution in [2.75, 3.05) is 26.3 Å². The first-order valence-corrected chi connectivity index (χ1v) is 9.26. The maximum absolute atomic E-state index is 12.5. The van der Waals surface area contributed by atoms with E-state index in [4.69, 9.17) is 9.26 Å². The molecule has 1 aromatic carbocycles. The molecule has 0 radical (unpaired) electrons. The van der Waals surface area contributed by atoms with Crippen molar-refractivity contribution in [2.24, 2.45) is 5.92 Å². The molecule has 1 fully saturated rings. The second kappa shape index (κ2) is 7.60. The Hall–Kier alpha value is -2.18. The molecular formula is C20H25N3O3. The SMILES string of the molecule is Cc1cc(CC2COCC2NC(=O)CN2CCc3ccccc3C2)on1. The van der Waals surface area contributed by atoms with Gasteiger partial charge in [0.2, 0.25) is 5.91 Å². The molecule has 26 heavy (non-hydrogen) atoms. The number of aryl methyl sites for hydroxylation is 1. The summed E-state index contributed by atoms with van der Waals surface area (Å²) >= 11 is 0. The molecule has 4 rings (SSSR count). The molecule has 0 spiro atoms. The number of nitrogens with one attached hydrogen (secondary N) is 1. The van der Waals surface area contributed by atoms with Crippen LogP contribution in [-0.4, -0.2) is 48.3 Å². The van der Waals surface area contributed by atoms with Gasteiger partial charge < -0.3 is 14.6 Å². The molecule has 2 aliphatic heterocycles. The summed E-state index contributed by atoms with van der Waals surface area (Å²) in [6.07, 6.45) is 1.74. The smallest absolute Gasteiger partial charge is 0.234 e. The molecule has 6 heteroatoms. The summed E-state index contributed by atoms with van der Waals surface area (Å²) in [5.41, 5.74) is 3.61. The number of rotatable bonds is 5. The maximum atomic E-state index is 12.5. The van der Waals surface area contributed by atoms with Gasteiger partial charge in [-0.15, -0.1) is 0 Å². The summed E-state index contributed by atoms with van der Waals surface area (Å²) in [5, 5.41) is 7.09. The molecule has 138 valence electrons. The van der Waals surface area contributed by atoms with Crippen LogP contribution >= 0.6 is 0 Å². The average molecular weight is 355 g/mol. The van der Waals surface area contributed by atoms with E-state index >= 15 is 0 Å². The maximum Gasteiger partial charge on any atom is 0.234 e. The van der Waals surface area contributed by atoms with E-state index in [1.54, 1.807) is 0 Å². The normalized spacial score (nSPS) is 23.0. The molecular weight excluding hydrogens is 330 g/mol. The van der Waals surface area contributed by atoms with Crippen molar-refractivity contribution >= 4 is 5.91 Å². The first-order valence-electron chi connectivity index (χ1n) is 9.26. The topological polar surface area (TPSA) is 67.6 Å². The molecule has 0 bridgehead atoms. The number of benzene rings is 1. The van der Waals surface area contributed by atoms with Crippen molar-refractivity contribution in [3.8, 4) is 0 Å². The molecule has 1 saturated heterocycles. The molecule has 6 nitrogen and oxygen atoms in total. The first-order chi connectivity index (χ1) is 12.7. The van der Waals surface area contributed by atoms with Crippen LogP contribution in [0.1, 0.15) is 22.6 Å².